The first-order chi connectivity index (χ1) is 12.9. The Bertz CT molecular complexity index is 1090. The number of amides is 1. The number of fused-ring (bicyclic) bond motifs is 1. The van der Waals surface area contributed by atoms with Crippen molar-refractivity contribution >= 4 is 16.9 Å². The molecular formula is C20H21FN4O2. The smallest absolute Gasteiger partial charge is 0.261 e. The summed E-state index contributed by atoms with van der Waals surface area (Å²) in [5.74, 6) is 0.00557. The van der Waals surface area contributed by atoms with Gasteiger partial charge in [0.15, 0.2) is 0 Å². The van der Waals surface area contributed by atoms with E-state index in [0.29, 0.717) is 29.0 Å². The van der Waals surface area contributed by atoms with E-state index < -0.39 is 0 Å². The summed E-state index contributed by atoms with van der Waals surface area (Å²) < 4.78 is 13.5. The number of pyridine rings is 1. The van der Waals surface area contributed by atoms with E-state index in [0.717, 1.165) is 25.0 Å². The molecule has 2 aromatic heterocycles. The van der Waals surface area contributed by atoms with E-state index in [4.69, 9.17) is 0 Å². The van der Waals surface area contributed by atoms with Crippen molar-refractivity contribution in [1.82, 2.24) is 19.9 Å². The number of halogens is 1. The van der Waals surface area contributed by atoms with Gasteiger partial charge in [0, 0.05) is 12.2 Å². The Morgan fingerprint density at radius 1 is 1.22 bits per heavy atom. The van der Waals surface area contributed by atoms with E-state index in [1.807, 2.05) is 0 Å². The minimum Gasteiger partial charge on any atom is -0.340 e. The molecular weight excluding hydrogens is 347 g/mol. The number of aromatic amines is 2. The fourth-order valence-electron chi connectivity index (χ4n) is 3.88. The van der Waals surface area contributed by atoms with Gasteiger partial charge in [-0.3, -0.25) is 9.59 Å². The minimum atomic E-state index is -0.367. The number of rotatable bonds is 2. The maximum absolute atomic E-state index is 13.5. The van der Waals surface area contributed by atoms with Gasteiger partial charge >= 0.3 is 0 Å². The molecule has 1 amide bonds. The predicted octanol–water partition coefficient (Wildman–Crippen LogP) is 3.37. The lowest BCUT2D eigenvalue weighted by atomic mass is 9.99. The molecule has 1 fully saturated rings. The molecule has 6 nitrogen and oxygen atoms in total. The Labute approximate surface area is 155 Å². The van der Waals surface area contributed by atoms with Gasteiger partial charge in [-0.2, -0.15) is 0 Å². The zero-order chi connectivity index (χ0) is 19.1. The van der Waals surface area contributed by atoms with Crippen LogP contribution < -0.4 is 5.56 Å². The van der Waals surface area contributed by atoms with Crippen molar-refractivity contribution in [3.63, 3.8) is 0 Å². The van der Waals surface area contributed by atoms with Crippen molar-refractivity contribution in [2.75, 3.05) is 6.54 Å². The lowest BCUT2D eigenvalue weighted by Gasteiger charge is -2.34. The fourth-order valence-corrected chi connectivity index (χ4v) is 3.88. The normalized spacial score (nSPS) is 17.4. The third kappa shape index (κ3) is 3.13. The van der Waals surface area contributed by atoms with E-state index in [9.17, 15) is 14.0 Å². The van der Waals surface area contributed by atoms with Crippen LogP contribution in [0.2, 0.25) is 0 Å². The Morgan fingerprint density at radius 3 is 2.81 bits per heavy atom. The zero-order valence-electron chi connectivity index (χ0n) is 15.3. The molecule has 0 unspecified atom stereocenters. The largest absolute Gasteiger partial charge is 0.340 e. The number of aromatic nitrogens is 3. The Kier molecular flexibility index (Phi) is 4.30. The summed E-state index contributed by atoms with van der Waals surface area (Å²) >= 11 is 0. The van der Waals surface area contributed by atoms with Crippen molar-refractivity contribution in [3.05, 3.63) is 63.1 Å². The number of piperidine rings is 1. The van der Waals surface area contributed by atoms with Gasteiger partial charge in [0.25, 0.3) is 11.5 Å². The first-order valence-electron chi connectivity index (χ1n) is 9.10. The first-order valence-corrected chi connectivity index (χ1v) is 9.10. The summed E-state index contributed by atoms with van der Waals surface area (Å²) in [5, 5.41) is 0. The van der Waals surface area contributed by atoms with Gasteiger partial charge in [-0.05, 0) is 62.9 Å². The molecule has 2 N–H and O–H groups in total. The Hall–Kier alpha value is -2.96. The molecule has 3 aromatic rings. The van der Waals surface area contributed by atoms with Crippen molar-refractivity contribution < 1.29 is 9.18 Å². The molecule has 0 radical (unpaired) electrons. The fraction of sp³-hybridized carbons (Fsp3) is 0.350. The van der Waals surface area contributed by atoms with Crippen LogP contribution in [0, 0.1) is 19.7 Å². The van der Waals surface area contributed by atoms with Crippen LogP contribution in [-0.4, -0.2) is 32.3 Å². The highest BCUT2D eigenvalue weighted by Gasteiger charge is 2.32. The summed E-state index contributed by atoms with van der Waals surface area (Å²) in [6, 6.07) is 5.93. The number of nitrogens with one attached hydrogen (secondary N) is 2. The van der Waals surface area contributed by atoms with Crippen LogP contribution in [0.1, 0.15) is 52.7 Å². The van der Waals surface area contributed by atoms with E-state index >= 15 is 0 Å². The standard InChI is InChI=1S/C20H21FN4O2/c1-11-9-12(2)22-19(26)17(11)20(27)25-8-4-3-5-16(25)18-23-14-7-6-13(21)10-15(14)24-18/h6-7,9-10,16H,3-5,8H2,1-2H3,(H,22,26)(H,23,24)/t16-/m1/s1. The summed E-state index contributed by atoms with van der Waals surface area (Å²) in [4.78, 5) is 37.7. The van der Waals surface area contributed by atoms with Crippen molar-refractivity contribution in [1.29, 1.82) is 0 Å². The second-order valence-electron chi connectivity index (χ2n) is 7.13. The highest BCUT2D eigenvalue weighted by molar-refractivity contribution is 5.95. The number of benzene rings is 1. The topological polar surface area (TPSA) is 81.8 Å². The maximum Gasteiger partial charge on any atom is 0.261 e. The summed E-state index contributed by atoms with van der Waals surface area (Å²) in [7, 11) is 0. The molecule has 7 heteroatoms. The van der Waals surface area contributed by atoms with Gasteiger partial charge in [-0.15, -0.1) is 0 Å². The SMILES string of the molecule is Cc1cc(C)c(C(=O)N2CCCC[C@@H]2c2nc3ccc(F)cc3[nH]2)c(=O)[nH]1. The first kappa shape index (κ1) is 17.5. The maximum atomic E-state index is 13.5. The van der Waals surface area contributed by atoms with Crippen molar-refractivity contribution in [2.24, 2.45) is 0 Å². The molecule has 1 atom stereocenters. The molecule has 0 aliphatic carbocycles. The van der Waals surface area contributed by atoms with Gasteiger partial charge in [-0.1, -0.05) is 0 Å². The van der Waals surface area contributed by atoms with Crippen LogP contribution in [0.3, 0.4) is 0 Å². The van der Waals surface area contributed by atoms with Gasteiger partial charge in [-0.25, -0.2) is 9.37 Å². The number of hydrogen-bond donors (Lipinski definition) is 2. The number of hydrogen-bond acceptors (Lipinski definition) is 3. The number of H-pyrrole nitrogens is 2. The molecule has 1 aliphatic rings. The van der Waals surface area contributed by atoms with E-state index in [-0.39, 0.29) is 28.9 Å². The average molecular weight is 368 g/mol. The third-order valence-corrected chi connectivity index (χ3v) is 5.12. The van der Waals surface area contributed by atoms with Crippen molar-refractivity contribution in [2.45, 2.75) is 39.2 Å². The minimum absolute atomic E-state index is 0.176. The third-order valence-electron chi connectivity index (χ3n) is 5.12. The molecule has 3 heterocycles. The van der Waals surface area contributed by atoms with Crippen LogP contribution in [-0.2, 0) is 0 Å². The number of carbonyl (C=O) groups excluding carboxylic acids is 1. The van der Waals surface area contributed by atoms with Crippen LogP contribution >= 0.6 is 0 Å². The van der Waals surface area contributed by atoms with Crippen molar-refractivity contribution in [3.8, 4) is 0 Å². The van der Waals surface area contributed by atoms with Crippen LogP contribution in [0.5, 0.6) is 0 Å². The number of likely N-dealkylation sites (tertiary alicyclic amines) is 1. The van der Waals surface area contributed by atoms with Crippen LogP contribution in [0.15, 0.2) is 29.1 Å². The highest BCUT2D eigenvalue weighted by atomic mass is 19.1. The summed E-state index contributed by atoms with van der Waals surface area (Å²) in [6.07, 6.45) is 2.58. The molecule has 140 valence electrons. The number of carbonyl (C=O) groups is 1. The van der Waals surface area contributed by atoms with Gasteiger partial charge < -0.3 is 14.9 Å². The molecule has 0 spiro atoms. The quantitative estimate of drug-likeness (QED) is 0.728. The Morgan fingerprint density at radius 2 is 2.04 bits per heavy atom. The molecule has 1 aromatic carbocycles. The van der Waals surface area contributed by atoms with E-state index in [2.05, 4.69) is 15.0 Å². The average Bonchev–Trinajstić information content (AvgIpc) is 3.03. The highest BCUT2D eigenvalue weighted by Crippen LogP contribution is 2.31. The van der Waals surface area contributed by atoms with Gasteiger partial charge in [0.2, 0.25) is 0 Å². The summed E-state index contributed by atoms with van der Waals surface area (Å²) in [5.41, 5.74) is 2.46. The van der Waals surface area contributed by atoms with Crippen LogP contribution in [0.25, 0.3) is 11.0 Å². The predicted molar refractivity (Wildman–Crippen MR) is 100 cm³/mol. The number of nitrogens with zero attached hydrogens (tertiary/aromatic N) is 2. The molecule has 27 heavy (non-hydrogen) atoms. The van der Waals surface area contributed by atoms with Gasteiger partial charge in [0.1, 0.15) is 17.2 Å². The monoisotopic (exact) mass is 368 g/mol. The molecule has 0 saturated carbocycles. The lowest BCUT2D eigenvalue weighted by molar-refractivity contribution is 0.0598. The lowest BCUT2D eigenvalue weighted by Crippen LogP contribution is -2.41. The van der Waals surface area contributed by atoms with Gasteiger partial charge in [0.05, 0.1) is 17.1 Å². The number of imidazole rings is 1. The van der Waals surface area contributed by atoms with E-state index in [1.54, 1.807) is 30.9 Å². The second-order valence-corrected chi connectivity index (χ2v) is 7.13. The summed E-state index contributed by atoms with van der Waals surface area (Å²) in [6.45, 7) is 4.12. The van der Waals surface area contributed by atoms with E-state index in [1.165, 1.54) is 12.1 Å². The molecule has 0 bridgehead atoms. The van der Waals surface area contributed by atoms with Crippen LogP contribution in [0.4, 0.5) is 4.39 Å². The molecule has 1 saturated heterocycles. The molecule has 4 rings (SSSR count). The number of aryl methyl sites for hydroxylation is 2. The zero-order valence-corrected chi connectivity index (χ0v) is 15.3. The second kappa shape index (κ2) is 6.64. The Balaban J connectivity index is 1.74. The molecule has 1 aliphatic heterocycles.